The van der Waals surface area contributed by atoms with Gasteiger partial charge >= 0.3 is 0 Å². The average molecular weight is 311 g/mol. The molecule has 0 aliphatic carbocycles. The van der Waals surface area contributed by atoms with Crippen LogP contribution >= 0.6 is 0 Å². The Morgan fingerprint density at radius 1 is 1.00 bits per heavy atom. The summed E-state index contributed by atoms with van der Waals surface area (Å²) in [6, 6.07) is 14.2. The molecule has 3 heteroatoms. The Labute approximate surface area is 138 Å². The van der Waals surface area contributed by atoms with Crippen LogP contribution in [0.5, 0.6) is 5.75 Å². The first-order valence-corrected chi connectivity index (χ1v) is 8.05. The highest BCUT2D eigenvalue weighted by molar-refractivity contribution is 5.78. The Morgan fingerprint density at radius 3 is 2.17 bits per heavy atom. The van der Waals surface area contributed by atoms with E-state index in [0.717, 1.165) is 28.9 Å². The number of ether oxygens (including phenoxy) is 1. The molecule has 0 saturated heterocycles. The molecule has 1 amide bonds. The fourth-order valence-corrected chi connectivity index (χ4v) is 2.62. The molecule has 122 valence electrons. The summed E-state index contributed by atoms with van der Waals surface area (Å²) < 4.78 is 5.62. The highest BCUT2D eigenvalue weighted by Gasteiger charge is 2.13. The zero-order valence-electron chi connectivity index (χ0n) is 14.3. The summed E-state index contributed by atoms with van der Waals surface area (Å²) >= 11 is 0. The van der Waals surface area contributed by atoms with Crippen LogP contribution in [-0.2, 0) is 4.79 Å². The van der Waals surface area contributed by atoms with Crippen molar-refractivity contribution < 1.29 is 9.53 Å². The van der Waals surface area contributed by atoms with Crippen molar-refractivity contribution in [2.75, 3.05) is 6.61 Å². The summed E-state index contributed by atoms with van der Waals surface area (Å²) in [7, 11) is 0. The fourth-order valence-electron chi connectivity index (χ4n) is 2.62. The van der Waals surface area contributed by atoms with E-state index in [1.165, 1.54) is 5.56 Å². The van der Waals surface area contributed by atoms with Gasteiger partial charge in [-0.1, -0.05) is 42.8 Å². The van der Waals surface area contributed by atoms with Crippen LogP contribution in [0.1, 0.15) is 41.6 Å². The molecule has 0 unspecified atom stereocenters. The smallest absolute Gasteiger partial charge is 0.258 e. The van der Waals surface area contributed by atoms with Crippen molar-refractivity contribution in [3.8, 4) is 5.75 Å². The lowest BCUT2D eigenvalue weighted by Gasteiger charge is -2.18. The molecule has 2 aromatic rings. The molecule has 0 heterocycles. The molecule has 0 aliphatic heterocycles. The number of carbonyl (C=O) groups excluding carboxylic acids is 1. The van der Waals surface area contributed by atoms with Gasteiger partial charge in [0, 0.05) is 0 Å². The number of amides is 1. The Morgan fingerprint density at radius 2 is 1.61 bits per heavy atom. The standard InChI is InChI=1S/C20H25NO2/c1-5-19(17-8-6-14(2)7-9-17)21-20(22)13-23-18-11-15(3)10-16(4)12-18/h6-12,19H,5,13H2,1-4H3,(H,21,22)/t19-/m0/s1. The Balaban J connectivity index is 1.93. The molecule has 0 bridgehead atoms. The van der Waals surface area contributed by atoms with Crippen LogP contribution in [0.4, 0.5) is 0 Å². The maximum absolute atomic E-state index is 12.2. The molecule has 0 saturated carbocycles. The molecule has 2 aromatic carbocycles. The van der Waals surface area contributed by atoms with Crippen LogP contribution in [0.2, 0.25) is 0 Å². The molecular formula is C20H25NO2. The first-order valence-electron chi connectivity index (χ1n) is 8.05. The first kappa shape index (κ1) is 17.1. The maximum atomic E-state index is 12.2. The molecule has 1 N–H and O–H groups in total. The van der Waals surface area contributed by atoms with Gasteiger partial charge in [0.2, 0.25) is 0 Å². The number of carbonyl (C=O) groups is 1. The second-order valence-electron chi connectivity index (χ2n) is 6.05. The third-order valence-corrected chi connectivity index (χ3v) is 3.79. The largest absolute Gasteiger partial charge is 0.484 e. The van der Waals surface area contributed by atoms with Crippen molar-refractivity contribution in [2.45, 2.75) is 40.2 Å². The zero-order chi connectivity index (χ0) is 16.8. The van der Waals surface area contributed by atoms with Gasteiger partial charge in [0.05, 0.1) is 6.04 Å². The average Bonchev–Trinajstić information content (AvgIpc) is 2.51. The van der Waals surface area contributed by atoms with Gasteiger partial charge in [-0.3, -0.25) is 4.79 Å². The lowest BCUT2D eigenvalue weighted by atomic mass is 10.0. The van der Waals surface area contributed by atoms with Gasteiger partial charge in [-0.25, -0.2) is 0 Å². The highest BCUT2D eigenvalue weighted by atomic mass is 16.5. The minimum atomic E-state index is -0.100. The monoisotopic (exact) mass is 311 g/mol. The molecule has 0 aromatic heterocycles. The van der Waals surface area contributed by atoms with E-state index in [9.17, 15) is 4.79 Å². The summed E-state index contributed by atoms with van der Waals surface area (Å²) in [6.45, 7) is 8.19. The number of nitrogens with one attached hydrogen (secondary N) is 1. The van der Waals surface area contributed by atoms with Crippen molar-refractivity contribution >= 4 is 5.91 Å². The second kappa shape index (κ2) is 7.82. The summed E-state index contributed by atoms with van der Waals surface area (Å²) in [4.78, 5) is 12.2. The normalized spacial score (nSPS) is 11.8. The quantitative estimate of drug-likeness (QED) is 0.865. The van der Waals surface area contributed by atoms with Gasteiger partial charge < -0.3 is 10.1 Å². The van der Waals surface area contributed by atoms with Crippen molar-refractivity contribution in [2.24, 2.45) is 0 Å². The van der Waals surface area contributed by atoms with Crippen molar-refractivity contribution in [3.05, 3.63) is 64.7 Å². The summed E-state index contributed by atoms with van der Waals surface area (Å²) in [5, 5.41) is 3.04. The van der Waals surface area contributed by atoms with Crippen LogP contribution in [0.25, 0.3) is 0 Å². The second-order valence-corrected chi connectivity index (χ2v) is 6.05. The first-order chi connectivity index (χ1) is 11.0. The molecule has 0 fully saturated rings. The van der Waals surface area contributed by atoms with Gasteiger partial charge in [-0.05, 0) is 56.0 Å². The third-order valence-electron chi connectivity index (χ3n) is 3.79. The SMILES string of the molecule is CC[C@H](NC(=O)COc1cc(C)cc(C)c1)c1ccc(C)cc1. The molecule has 2 rings (SSSR count). The predicted molar refractivity (Wildman–Crippen MR) is 93.8 cm³/mol. The fraction of sp³-hybridized carbons (Fsp3) is 0.350. The van der Waals surface area contributed by atoms with Crippen LogP contribution in [0.3, 0.4) is 0 Å². The molecule has 0 aliphatic rings. The van der Waals surface area contributed by atoms with Gasteiger partial charge in [0.1, 0.15) is 5.75 Å². The lowest BCUT2D eigenvalue weighted by molar-refractivity contribution is -0.123. The van der Waals surface area contributed by atoms with E-state index in [-0.39, 0.29) is 18.6 Å². The van der Waals surface area contributed by atoms with Crippen LogP contribution < -0.4 is 10.1 Å². The van der Waals surface area contributed by atoms with Gasteiger partial charge in [0.25, 0.3) is 5.91 Å². The van der Waals surface area contributed by atoms with Crippen molar-refractivity contribution in [3.63, 3.8) is 0 Å². The summed E-state index contributed by atoms with van der Waals surface area (Å²) in [5.41, 5.74) is 4.60. The van der Waals surface area contributed by atoms with E-state index >= 15 is 0 Å². The Kier molecular flexibility index (Phi) is 5.80. The predicted octanol–water partition coefficient (Wildman–Crippen LogP) is 4.26. The van der Waals surface area contributed by atoms with E-state index in [4.69, 9.17) is 4.74 Å². The number of aryl methyl sites for hydroxylation is 3. The van der Waals surface area contributed by atoms with E-state index in [2.05, 4.69) is 49.5 Å². The van der Waals surface area contributed by atoms with E-state index < -0.39 is 0 Å². The molecular weight excluding hydrogens is 286 g/mol. The summed E-state index contributed by atoms with van der Waals surface area (Å²) in [6.07, 6.45) is 0.846. The maximum Gasteiger partial charge on any atom is 0.258 e. The van der Waals surface area contributed by atoms with Crippen LogP contribution in [-0.4, -0.2) is 12.5 Å². The number of hydrogen-bond acceptors (Lipinski definition) is 2. The molecule has 23 heavy (non-hydrogen) atoms. The minimum absolute atomic E-state index is 0.0194. The van der Waals surface area contributed by atoms with E-state index in [0.29, 0.717) is 0 Å². The van der Waals surface area contributed by atoms with Crippen molar-refractivity contribution in [1.82, 2.24) is 5.32 Å². The molecule has 0 radical (unpaired) electrons. The van der Waals surface area contributed by atoms with Gasteiger partial charge in [0.15, 0.2) is 6.61 Å². The summed E-state index contributed by atoms with van der Waals surface area (Å²) in [5.74, 6) is 0.637. The van der Waals surface area contributed by atoms with Crippen LogP contribution in [0, 0.1) is 20.8 Å². The minimum Gasteiger partial charge on any atom is -0.484 e. The van der Waals surface area contributed by atoms with Gasteiger partial charge in [-0.15, -0.1) is 0 Å². The topological polar surface area (TPSA) is 38.3 Å². The number of benzene rings is 2. The van der Waals surface area contributed by atoms with E-state index in [1.807, 2.05) is 26.0 Å². The number of hydrogen-bond donors (Lipinski definition) is 1. The number of rotatable bonds is 6. The molecule has 0 spiro atoms. The van der Waals surface area contributed by atoms with Crippen molar-refractivity contribution in [1.29, 1.82) is 0 Å². The van der Waals surface area contributed by atoms with Gasteiger partial charge in [-0.2, -0.15) is 0 Å². The highest BCUT2D eigenvalue weighted by Crippen LogP contribution is 2.18. The lowest BCUT2D eigenvalue weighted by Crippen LogP contribution is -2.32. The van der Waals surface area contributed by atoms with Crippen LogP contribution in [0.15, 0.2) is 42.5 Å². The zero-order valence-corrected chi connectivity index (χ0v) is 14.3. The van der Waals surface area contributed by atoms with E-state index in [1.54, 1.807) is 0 Å². The Hall–Kier alpha value is -2.29. The molecule has 1 atom stereocenters. The molecule has 3 nitrogen and oxygen atoms in total. The third kappa shape index (κ3) is 5.13. The Bertz CT molecular complexity index is 642.